The number of nitrogens with zero attached hydrogens (tertiary/aromatic N) is 2. The van der Waals surface area contributed by atoms with Gasteiger partial charge in [0.1, 0.15) is 11.8 Å². The van der Waals surface area contributed by atoms with Crippen molar-refractivity contribution in [1.82, 2.24) is 4.98 Å². The number of benzene rings is 1. The van der Waals surface area contributed by atoms with Gasteiger partial charge in [0, 0.05) is 12.3 Å². The first-order valence-corrected chi connectivity index (χ1v) is 6.19. The smallest absolute Gasteiger partial charge is 0.439 e. The number of hydrogen-bond donors (Lipinski definition) is 1. The Labute approximate surface area is 116 Å². The van der Waals surface area contributed by atoms with Crippen LogP contribution < -0.4 is 10.2 Å². The van der Waals surface area contributed by atoms with Gasteiger partial charge in [0.25, 0.3) is 0 Å². The number of ether oxygens (including phenoxy) is 1. The van der Waals surface area contributed by atoms with E-state index in [0.717, 1.165) is 11.0 Å². The van der Waals surface area contributed by atoms with Gasteiger partial charge in [-0.25, -0.2) is 4.98 Å². The van der Waals surface area contributed by atoms with Crippen LogP contribution in [0.3, 0.4) is 0 Å². The van der Waals surface area contributed by atoms with Crippen molar-refractivity contribution in [3.05, 3.63) is 47.7 Å². The summed E-state index contributed by atoms with van der Waals surface area (Å²) in [4.78, 5) is 4.05. The molecule has 1 aromatic heterocycles. The molecule has 2 heterocycles. The van der Waals surface area contributed by atoms with E-state index in [1.807, 2.05) is 19.1 Å². The zero-order valence-electron chi connectivity index (χ0n) is 10.8. The summed E-state index contributed by atoms with van der Waals surface area (Å²) in [6.45, 7) is 1.87. The SMILES string of the molecule is CC1OB(O)c2ccc(Oc3ccc(C#N)cn3)cc21. The molecule has 20 heavy (non-hydrogen) atoms. The predicted molar refractivity (Wildman–Crippen MR) is 72.6 cm³/mol. The maximum Gasteiger partial charge on any atom is 0.491 e. The van der Waals surface area contributed by atoms with E-state index in [-0.39, 0.29) is 6.10 Å². The average molecular weight is 266 g/mol. The van der Waals surface area contributed by atoms with Crippen LogP contribution in [-0.4, -0.2) is 17.1 Å². The monoisotopic (exact) mass is 266 g/mol. The standard InChI is InChI=1S/C14H11BN2O3/c1-9-12-6-11(3-4-13(12)15(18)20-9)19-14-5-2-10(7-16)8-17-14/h2-6,8-9,18H,1H3. The predicted octanol–water partition coefficient (Wildman–Crippen LogP) is 1.52. The van der Waals surface area contributed by atoms with Crippen LogP contribution in [0.25, 0.3) is 0 Å². The summed E-state index contributed by atoms with van der Waals surface area (Å²) in [6.07, 6.45) is 1.29. The minimum absolute atomic E-state index is 0.169. The van der Waals surface area contributed by atoms with Crippen molar-refractivity contribution >= 4 is 12.6 Å². The van der Waals surface area contributed by atoms with Gasteiger partial charge >= 0.3 is 7.12 Å². The molecule has 0 radical (unpaired) electrons. The lowest BCUT2D eigenvalue weighted by atomic mass is 9.79. The molecule has 1 N–H and O–H groups in total. The van der Waals surface area contributed by atoms with E-state index in [0.29, 0.717) is 17.2 Å². The van der Waals surface area contributed by atoms with E-state index in [2.05, 4.69) is 4.98 Å². The van der Waals surface area contributed by atoms with E-state index < -0.39 is 7.12 Å². The molecule has 1 aromatic carbocycles. The van der Waals surface area contributed by atoms with E-state index in [4.69, 9.17) is 14.7 Å². The number of fused-ring (bicyclic) bond motifs is 1. The fourth-order valence-corrected chi connectivity index (χ4v) is 2.16. The minimum atomic E-state index is -0.873. The largest absolute Gasteiger partial charge is 0.491 e. The number of pyridine rings is 1. The molecule has 98 valence electrons. The van der Waals surface area contributed by atoms with Crippen molar-refractivity contribution in [2.75, 3.05) is 0 Å². The number of rotatable bonds is 2. The van der Waals surface area contributed by atoms with Crippen molar-refractivity contribution in [3.8, 4) is 17.7 Å². The Bertz CT molecular complexity index is 682. The van der Waals surface area contributed by atoms with Crippen LogP contribution in [0.1, 0.15) is 24.2 Å². The second-order valence-corrected chi connectivity index (χ2v) is 4.52. The molecule has 1 atom stereocenters. The van der Waals surface area contributed by atoms with Gasteiger partial charge < -0.3 is 14.4 Å². The zero-order valence-corrected chi connectivity index (χ0v) is 10.8. The second kappa shape index (κ2) is 4.97. The third kappa shape index (κ3) is 2.25. The Morgan fingerprint density at radius 1 is 1.40 bits per heavy atom. The first-order chi connectivity index (χ1) is 9.67. The van der Waals surface area contributed by atoms with Crippen molar-refractivity contribution in [2.24, 2.45) is 0 Å². The molecule has 1 unspecified atom stereocenters. The molecule has 0 saturated heterocycles. The molecule has 0 bridgehead atoms. The first-order valence-electron chi connectivity index (χ1n) is 6.19. The van der Waals surface area contributed by atoms with E-state index >= 15 is 0 Å². The molecule has 5 nitrogen and oxygen atoms in total. The summed E-state index contributed by atoms with van der Waals surface area (Å²) in [5.41, 5.74) is 2.15. The maximum absolute atomic E-state index is 9.68. The third-order valence-corrected chi connectivity index (χ3v) is 3.18. The molecule has 6 heteroatoms. The third-order valence-electron chi connectivity index (χ3n) is 3.18. The summed E-state index contributed by atoms with van der Waals surface area (Å²) in [5, 5.41) is 18.4. The summed E-state index contributed by atoms with van der Waals surface area (Å²) < 4.78 is 10.9. The Hall–Kier alpha value is -2.36. The van der Waals surface area contributed by atoms with E-state index in [1.54, 1.807) is 24.3 Å². The quantitative estimate of drug-likeness (QED) is 0.834. The Kier molecular flexibility index (Phi) is 3.14. The lowest BCUT2D eigenvalue weighted by molar-refractivity contribution is 0.208. The molecular formula is C14H11BN2O3. The molecular weight excluding hydrogens is 255 g/mol. The van der Waals surface area contributed by atoms with Gasteiger partial charge in [-0.05, 0) is 36.1 Å². The molecule has 0 amide bonds. The highest BCUT2D eigenvalue weighted by Crippen LogP contribution is 2.28. The first kappa shape index (κ1) is 12.7. The van der Waals surface area contributed by atoms with E-state index in [9.17, 15) is 5.02 Å². The Balaban J connectivity index is 1.85. The summed E-state index contributed by atoms with van der Waals surface area (Å²) >= 11 is 0. The fourth-order valence-electron chi connectivity index (χ4n) is 2.16. The van der Waals surface area contributed by atoms with Gasteiger partial charge in [0.05, 0.1) is 11.7 Å². The van der Waals surface area contributed by atoms with Crippen LogP contribution in [-0.2, 0) is 4.65 Å². The molecule has 1 aliphatic rings. The summed E-state index contributed by atoms with van der Waals surface area (Å²) in [6, 6.07) is 10.6. The van der Waals surface area contributed by atoms with Gasteiger partial charge in [-0.3, -0.25) is 0 Å². The zero-order chi connectivity index (χ0) is 14.1. The highest BCUT2D eigenvalue weighted by atomic mass is 16.5. The van der Waals surface area contributed by atoms with Gasteiger partial charge in [0.15, 0.2) is 0 Å². The van der Waals surface area contributed by atoms with Crippen LogP contribution in [0.4, 0.5) is 0 Å². The van der Waals surface area contributed by atoms with Crippen LogP contribution in [0.15, 0.2) is 36.5 Å². The molecule has 2 aromatic rings. The lowest BCUT2D eigenvalue weighted by Crippen LogP contribution is -2.27. The van der Waals surface area contributed by atoms with Crippen molar-refractivity contribution < 1.29 is 14.4 Å². The van der Waals surface area contributed by atoms with Gasteiger partial charge in [-0.2, -0.15) is 5.26 Å². The summed E-state index contributed by atoms with van der Waals surface area (Å²) in [5.74, 6) is 1.03. The van der Waals surface area contributed by atoms with Gasteiger partial charge in [-0.1, -0.05) is 6.07 Å². The van der Waals surface area contributed by atoms with Crippen LogP contribution in [0, 0.1) is 11.3 Å². The van der Waals surface area contributed by atoms with Crippen molar-refractivity contribution in [3.63, 3.8) is 0 Å². The van der Waals surface area contributed by atoms with Crippen molar-refractivity contribution in [1.29, 1.82) is 5.26 Å². The van der Waals surface area contributed by atoms with Gasteiger partial charge in [0.2, 0.25) is 5.88 Å². The number of aromatic nitrogens is 1. The normalized spacial score (nSPS) is 16.6. The minimum Gasteiger partial charge on any atom is -0.439 e. The molecule has 3 rings (SSSR count). The highest BCUT2D eigenvalue weighted by Gasteiger charge is 2.32. The van der Waals surface area contributed by atoms with Crippen molar-refractivity contribution in [2.45, 2.75) is 13.0 Å². The molecule has 1 aliphatic heterocycles. The topological polar surface area (TPSA) is 75.4 Å². The molecule has 0 aliphatic carbocycles. The highest BCUT2D eigenvalue weighted by molar-refractivity contribution is 6.61. The van der Waals surface area contributed by atoms with Gasteiger partial charge in [-0.15, -0.1) is 0 Å². The Morgan fingerprint density at radius 2 is 2.25 bits per heavy atom. The number of nitriles is 1. The maximum atomic E-state index is 9.68. The second-order valence-electron chi connectivity index (χ2n) is 4.52. The molecule has 0 fully saturated rings. The lowest BCUT2D eigenvalue weighted by Gasteiger charge is -2.08. The molecule has 0 saturated carbocycles. The van der Waals surface area contributed by atoms with E-state index in [1.165, 1.54) is 6.20 Å². The average Bonchev–Trinajstić information content (AvgIpc) is 2.75. The molecule has 0 spiro atoms. The Morgan fingerprint density at radius 3 is 2.95 bits per heavy atom. The van der Waals surface area contributed by atoms with Crippen LogP contribution in [0.2, 0.25) is 0 Å². The summed E-state index contributed by atoms with van der Waals surface area (Å²) in [7, 11) is -0.873. The van der Waals surface area contributed by atoms with Crippen LogP contribution >= 0.6 is 0 Å². The fraction of sp³-hybridized carbons (Fsp3) is 0.143. The number of hydrogen-bond acceptors (Lipinski definition) is 5. The van der Waals surface area contributed by atoms with Crippen LogP contribution in [0.5, 0.6) is 11.6 Å².